The van der Waals surface area contributed by atoms with Gasteiger partial charge in [-0.3, -0.25) is 9.59 Å². The van der Waals surface area contributed by atoms with E-state index >= 15 is 0 Å². The molecule has 0 spiro atoms. The highest BCUT2D eigenvalue weighted by atomic mass is 16.5. The van der Waals surface area contributed by atoms with Crippen LogP contribution in [0, 0.1) is 0 Å². The lowest BCUT2D eigenvalue weighted by Gasteiger charge is -2.31. The Morgan fingerprint density at radius 2 is 2.16 bits per heavy atom. The molecule has 2 heterocycles. The Bertz CT molecular complexity index is 975. The summed E-state index contributed by atoms with van der Waals surface area (Å²) in [4.78, 5) is 27.2. The van der Waals surface area contributed by atoms with Crippen molar-refractivity contribution in [3.05, 3.63) is 47.5 Å². The minimum Gasteiger partial charge on any atom is -0.497 e. The fourth-order valence-corrected chi connectivity index (χ4v) is 4.33. The molecule has 2 amide bonds. The Kier molecular flexibility index (Phi) is 6.30. The fraction of sp³-hybridized carbons (Fsp3) is 0.417. The van der Waals surface area contributed by atoms with Crippen LogP contribution in [0.25, 0.3) is 0 Å². The lowest BCUT2D eigenvalue weighted by Crippen LogP contribution is -2.33. The third-order valence-electron chi connectivity index (χ3n) is 5.86. The lowest BCUT2D eigenvalue weighted by atomic mass is 10.0. The second kappa shape index (κ2) is 9.29. The number of carbonyl (C=O) groups is 2. The molecule has 0 fully saturated rings. The zero-order valence-electron chi connectivity index (χ0n) is 18.2. The molecule has 2 aromatic carbocycles. The summed E-state index contributed by atoms with van der Waals surface area (Å²) in [6, 6.07) is 11.6. The Morgan fingerprint density at radius 3 is 3.00 bits per heavy atom. The molecule has 0 saturated heterocycles. The zero-order valence-corrected chi connectivity index (χ0v) is 18.2. The van der Waals surface area contributed by atoms with Crippen LogP contribution in [0.3, 0.4) is 0 Å². The van der Waals surface area contributed by atoms with Gasteiger partial charge < -0.3 is 25.6 Å². The van der Waals surface area contributed by atoms with Crippen LogP contribution in [-0.2, 0) is 11.2 Å². The van der Waals surface area contributed by atoms with Crippen molar-refractivity contribution in [1.29, 1.82) is 0 Å². The van der Waals surface area contributed by atoms with E-state index in [-0.39, 0.29) is 17.9 Å². The zero-order chi connectivity index (χ0) is 21.8. The van der Waals surface area contributed by atoms with E-state index in [1.165, 1.54) is 11.3 Å². The Hall–Kier alpha value is -3.22. The van der Waals surface area contributed by atoms with Crippen molar-refractivity contribution >= 4 is 28.9 Å². The van der Waals surface area contributed by atoms with Gasteiger partial charge in [0.2, 0.25) is 5.91 Å². The minimum atomic E-state index is -0.131. The molecule has 0 unspecified atom stereocenters. The number of aryl methyl sites for hydroxylation is 1. The molecule has 31 heavy (non-hydrogen) atoms. The molecule has 1 atom stereocenters. The number of rotatable bonds is 6. The van der Waals surface area contributed by atoms with Crippen molar-refractivity contribution in [1.82, 2.24) is 5.32 Å². The van der Waals surface area contributed by atoms with Gasteiger partial charge in [0.1, 0.15) is 5.75 Å². The first-order chi connectivity index (χ1) is 15.0. The third-order valence-corrected chi connectivity index (χ3v) is 5.86. The van der Waals surface area contributed by atoms with E-state index in [1.54, 1.807) is 19.2 Å². The van der Waals surface area contributed by atoms with E-state index in [0.717, 1.165) is 38.1 Å². The summed E-state index contributed by atoms with van der Waals surface area (Å²) in [5.41, 5.74) is 4.49. The van der Waals surface area contributed by atoms with Crippen molar-refractivity contribution in [2.45, 2.75) is 38.6 Å². The molecule has 2 aliphatic rings. The van der Waals surface area contributed by atoms with E-state index in [0.29, 0.717) is 29.9 Å². The first-order valence-electron chi connectivity index (χ1n) is 10.9. The van der Waals surface area contributed by atoms with E-state index in [1.807, 2.05) is 19.1 Å². The average molecular weight is 423 g/mol. The number of carbonyl (C=O) groups excluding carboxylic acids is 2. The largest absolute Gasteiger partial charge is 0.497 e. The summed E-state index contributed by atoms with van der Waals surface area (Å²) in [5, 5.41) is 9.22. The first-order valence-corrected chi connectivity index (χ1v) is 10.9. The van der Waals surface area contributed by atoms with Crippen LogP contribution >= 0.6 is 0 Å². The second-order valence-corrected chi connectivity index (χ2v) is 8.22. The maximum Gasteiger partial charge on any atom is 0.253 e. The number of amides is 2. The van der Waals surface area contributed by atoms with E-state index in [2.05, 4.69) is 33.0 Å². The second-order valence-electron chi connectivity index (χ2n) is 8.22. The summed E-state index contributed by atoms with van der Waals surface area (Å²) in [6.07, 6.45) is 3.45. The summed E-state index contributed by atoms with van der Waals surface area (Å²) in [7, 11) is 1.69. The minimum absolute atomic E-state index is 0.0358. The van der Waals surface area contributed by atoms with E-state index in [9.17, 15) is 9.59 Å². The van der Waals surface area contributed by atoms with Gasteiger partial charge in [-0.15, -0.1) is 0 Å². The Morgan fingerprint density at radius 1 is 1.29 bits per heavy atom. The maximum absolute atomic E-state index is 12.9. The SMILES string of the molecule is COc1ccc2c(c1)N(CCCNC(=O)c1cccc3c1N[C@@H](C)CC(=O)N3)CCC2. The molecule has 0 radical (unpaired) electrons. The summed E-state index contributed by atoms with van der Waals surface area (Å²) in [5.74, 6) is 0.695. The van der Waals surface area contributed by atoms with Gasteiger partial charge >= 0.3 is 0 Å². The smallest absolute Gasteiger partial charge is 0.253 e. The Balaban J connectivity index is 1.36. The molecular weight excluding hydrogens is 392 g/mol. The number of ether oxygens (including phenoxy) is 1. The normalized spacial score (nSPS) is 17.5. The number of nitrogens with one attached hydrogen (secondary N) is 3. The van der Waals surface area contributed by atoms with Gasteiger partial charge in [0, 0.05) is 43.9 Å². The molecule has 0 aromatic heterocycles. The molecule has 7 heteroatoms. The molecule has 4 rings (SSSR count). The average Bonchev–Trinajstić information content (AvgIpc) is 2.92. The van der Waals surface area contributed by atoms with Gasteiger partial charge in [-0.05, 0) is 49.9 Å². The molecule has 0 bridgehead atoms. The number of benzene rings is 2. The van der Waals surface area contributed by atoms with E-state index < -0.39 is 0 Å². The van der Waals surface area contributed by atoms with Gasteiger partial charge in [-0.2, -0.15) is 0 Å². The molecule has 2 aliphatic heterocycles. The summed E-state index contributed by atoms with van der Waals surface area (Å²) in [6.45, 7) is 4.41. The summed E-state index contributed by atoms with van der Waals surface area (Å²) < 4.78 is 5.39. The predicted octanol–water partition coefficient (Wildman–Crippen LogP) is 3.41. The van der Waals surface area contributed by atoms with Crippen LogP contribution in [-0.4, -0.2) is 44.6 Å². The molecule has 2 aromatic rings. The van der Waals surface area contributed by atoms with Gasteiger partial charge in [-0.25, -0.2) is 0 Å². The number of nitrogens with zero attached hydrogens (tertiary/aromatic N) is 1. The van der Waals surface area contributed by atoms with E-state index in [4.69, 9.17) is 4.74 Å². The monoisotopic (exact) mass is 422 g/mol. The quantitative estimate of drug-likeness (QED) is 0.622. The first kappa shape index (κ1) is 21.0. The molecule has 0 aliphatic carbocycles. The van der Waals surface area contributed by atoms with Crippen molar-refractivity contribution in [2.75, 3.05) is 42.3 Å². The topological polar surface area (TPSA) is 82.7 Å². The number of para-hydroxylation sites is 1. The van der Waals surface area contributed by atoms with Crippen LogP contribution in [0.5, 0.6) is 5.75 Å². The lowest BCUT2D eigenvalue weighted by molar-refractivity contribution is -0.116. The third kappa shape index (κ3) is 4.76. The highest BCUT2D eigenvalue weighted by Crippen LogP contribution is 2.31. The van der Waals surface area contributed by atoms with Gasteiger partial charge in [0.25, 0.3) is 5.91 Å². The highest BCUT2D eigenvalue weighted by Gasteiger charge is 2.22. The maximum atomic E-state index is 12.9. The molecular formula is C24H30N4O3. The number of hydrogen-bond donors (Lipinski definition) is 3. The number of fused-ring (bicyclic) bond motifs is 2. The van der Waals surface area contributed by atoms with Crippen molar-refractivity contribution < 1.29 is 14.3 Å². The van der Waals surface area contributed by atoms with Crippen molar-refractivity contribution in [2.24, 2.45) is 0 Å². The fourth-order valence-electron chi connectivity index (χ4n) is 4.33. The molecule has 0 saturated carbocycles. The number of methoxy groups -OCH3 is 1. The van der Waals surface area contributed by atoms with Crippen LogP contribution < -0.4 is 25.6 Å². The molecule has 3 N–H and O–H groups in total. The van der Waals surface area contributed by atoms with Crippen molar-refractivity contribution in [3.63, 3.8) is 0 Å². The molecule has 7 nitrogen and oxygen atoms in total. The highest BCUT2D eigenvalue weighted by molar-refractivity contribution is 6.06. The molecule has 164 valence electrons. The predicted molar refractivity (Wildman–Crippen MR) is 123 cm³/mol. The van der Waals surface area contributed by atoms with Gasteiger partial charge in [-0.1, -0.05) is 12.1 Å². The van der Waals surface area contributed by atoms with Gasteiger partial charge in [0.15, 0.2) is 0 Å². The van der Waals surface area contributed by atoms with Crippen LogP contribution in [0.15, 0.2) is 36.4 Å². The Labute approximate surface area is 183 Å². The van der Waals surface area contributed by atoms with Crippen LogP contribution in [0.2, 0.25) is 0 Å². The standard InChI is InChI=1S/C24H30N4O3/c1-16-14-22(29)27-20-8-3-7-19(23(20)26-16)24(30)25-11-5-13-28-12-4-6-17-9-10-18(31-2)15-21(17)28/h3,7-10,15-16,26H,4-6,11-14H2,1-2H3,(H,25,30)(H,27,29)/t16-/m0/s1. The summed E-state index contributed by atoms with van der Waals surface area (Å²) >= 11 is 0. The van der Waals surface area contributed by atoms with Crippen molar-refractivity contribution in [3.8, 4) is 5.75 Å². The van der Waals surface area contributed by atoms with Gasteiger partial charge in [0.05, 0.1) is 24.0 Å². The number of hydrogen-bond acceptors (Lipinski definition) is 5. The van der Waals surface area contributed by atoms with Crippen LogP contribution in [0.4, 0.5) is 17.1 Å². The number of anilines is 3. The van der Waals surface area contributed by atoms with Crippen LogP contribution in [0.1, 0.15) is 42.1 Å².